The lowest BCUT2D eigenvalue weighted by atomic mass is 9.72. The van der Waals surface area contributed by atoms with Crippen LogP contribution in [0, 0.1) is 11.3 Å². The summed E-state index contributed by atoms with van der Waals surface area (Å²) in [6.07, 6.45) is 1.21. The van der Waals surface area contributed by atoms with Gasteiger partial charge in [0.2, 0.25) is 5.91 Å². The van der Waals surface area contributed by atoms with Gasteiger partial charge >= 0.3 is 13.1 Å². The second-order valence-corrected chi connectivity index (χ2v) is 5.47. The highest BCUT2D eigenvalue weighted by Crippen LogP contribution is 2.30. The molecule has 126 valence electrons. The predicted octanol–water partition coefficient (Wildman–Crippen LogP) is 0.997. The summed E-state index contributed by atoms with van der Waals surface area (Å²) in [5.41, 5.74) is 0.964. The molecule has 1 aliphatic heterocycles. The maximum absolute atomic E-state index is 12.1. The van der Waals surface area contributed by atoms with Crippen molar-refractivity contribution < 1.29 is 24.0 Å². The molecular formula is C16H19BN2O5. The van der Waals surface area contributed by atoms with Crippen molar-refractivity contribution in [3.05, 3.63) is 29.3 Å². The molecule has 2 N–H and O–H groups in total. The number of nitriles is 1. The Labute approximate surface area is 140 Å². The Morgan fingerprint density at radius 1 is 1.54 bits per heavy atom. The molecule has 24 heavy (non-hydrogen) atoms. The van der Waals surface area contributed by atoms with Crippen LogP contribution in [-0.2, 0) is 16.0 Å². The first-order valence-corrected chi connectivity index (χ1v) is 7.86. The highest BCUT2D eigenvalue weighted by Gasteiger charge is 2.37. The molecule has 0 saturated carbocycles. The molecule has 1 aromatic rings. The van der Waals surface area contributed by atoms with E-state index < -0.39 is 19.0 Å². The van der Waals surface area contributed by atoms with Gasteiger partial charge in [0.1, 0.15) is 11.3 Å². The molecule has 8 heteroatoms. The minimum absolute atomic E-state index is 0.0654. The number of amides is 1. The molecule has 0 fully saturated rings. The zero-order chi connectivity index (χ0) is 17.5. The number of hydrogen-bond acceptors (Lipinski definition) is 6. The molecule has 7 nitrogen and oxygen atoms in total. The number of rotatable bonds is 6. The lowest BCUT2D eigenvalue weighted by molar-refractivity contribution is -0.121. The van der Waals surface area contributed by atoms with Crippen molar-refractivity contribution in [2.24, 2.45) is 0 Å². The third-order valence-electron chi connectivity index (χ3n) is 3.59. The minimum Gasteiger partial charge on any atom is -0.534 e. The van der Waals surface area contributed by atoms with Gasteiger partial charge in [-0.1, -0.05) is 19.1 Å². The number of fused-ring (bicyclic) bond motifs is 1. The van der Waals surface area contributed by atoms with Crippen LogP contribution in [0.25, 0.3) is 0 Å². The highest BCUT2D eigenvalue weighted by molar-refractivity contribution is 6.47. The summed E-state index contributed by atoms with van der Waals surface area (Å²) in [4.78, 5) is 23.8. The fourth-order valence-corrected chi connectivity index (χ4v) is 2.43. The summed E-state index contributed by atoms with van der Waals surface area (Å²) >= 11 is 0. The summed E-state index contributed by atoms with van der Waals surface area (Å²) in [5, 5.41) is 21.3. The van der Waals surface area contributed by atoms with Gasteiger partial charge in [-0.05, 0) is 24.5 Å². The van der Waals surface area contributed by atoms with E-state index in [4.69, 9.17) is 14.7 Å². The van der Waals surface area contributed by atoms with Crippen LogP contribution in [0.1, 0.15) is 42.1 Å². The van der Waals surface area contributed by atoms with Crippen molar-refractivity contribution in [1.29, 1.82) is 5.26 Å². The fourth-order valence-electron chi connectivity index (χ4n) is 2.43. The number of esters is 1. The average molecular weight is 330 g/mol. The number of para-hydroxylation sites is 1. The molecule has 0 aromatic heterocycles. The second kappa shape index (κ2) is 8.36. The predicted molar refractivity (Wildman–Crippen MR) is 86.1 cm³/mol. The van der Waals surface area contributed by atoms with Crippen molar-refractivity contribution in [1.82, 2.24) is 5.32 Å². The van der Waals surface area contributed by atoms with Crippen LogP contribution < -0.4 is 9.97 Å². The van der Waals surface area contributed by atoms with Crippen molar-refractivity contribution in [2.75, 3.05) is 6.61 Å². The van der Waals surface area contributed by atoms with Crippen molar-refractivity contribution in [2.45, 2.75) is 38.5 Å². The smallest absolute Gasteiger partial charge is 0.534 e. The monoisotopic (exact) mass is 330 g/mol. The Kier molecular flexibility index (Phi) is 6.21. The highest BCUT2D eigenvalue weighted by atomic mass is 16.5. The number of carbonyl (C=O) groups is 2. The van der Waals surface area contributed by atoms with Gasteiger partial charge in [-0.15, -0.1) is 0 Å². The van der Waals surface area contributed by atoms with E-state index in [2.05, 4.69) is 5.32 Å². The normalized spacial score (nSPS) is 15.7. The number of benzene rings is 1. The lowest BCUT2D eigenvalue weighted by Crippen LogP contribution is -2.53. The Morgan fingerprint density at radius 3 is 3.04 bits per heavy atom. The van der Waals surface area contributed by atoms with Gasteiger partial charge in [-0.3, -0.25) is 4.79 Å². The molecule has 0 bridgehead atoms. The quantitative estimate of drug-likeness (QED) is 0.595. The first-order chi connectivity index (χ1) is 11.6. The molecule has 1 aliphatic rings. The van der Waals surface area contributed by atoms with Gasteiger partial charge < -0.3 is 19.7 Å². The number of hydrogen-bond donors (Lipinski definition) is 2. The lowest BCUT2D eigenvalue weighted by Gasteiger charge is -2.29. The molecule has 2 rings (SSSR count). The van der Waals surface area contributed by atoms with Gasteiger partial charge in [0, 0.05) is 12.8 Å². The number of carbonyl (C=O) groups excluding carboxylic acids is 2. The Balaban J connectivity index is 2.12. The zero-order valence-electron chi connectivity index (χ0n) is 13.4. The molecule has 1 atom stereocenters. The summed E-state index contributed by atoms with van der Waals surface area (Å²) in [6.45, 7) is 2.20. The van der Waals surface area contributed by atoms with E-state index in [1.54, 1.807) is 18.2 Å². The van der Waals surface area contributed by atoms with Crippen molar-refractivity contribution in [3.63, 3.8) is 0 Å². The molecule has 0 unspecified atom stereocenters. The zero-order valence-corrected chi connectivity index (χ0v) is 13.4. The van der Waals surface area contributed by atoms with Crippen LogP contribution in [0.4, 0.5) is 0 Å². The van der Waals surface area contributed by atoms with E-state index in [1.165, 1.54) is 0 Å². The number of ether oxygens (including phenoxy) is 1. The minimum atomic E-state index is -1.27. The molecular weight excluding hydrogens is 311 g/mol. The largest absolute Gasteiger partial charge is 0.547 e. The van der Waals surface area contributed by atoms with E-state index in [-0.39, 0.29) is 30.1 Å². The van der Waals surface area contributed by atoms with Crippen LogP contribution in [-0.4, -0.2) is 36.6 Å². The molecule has 1 amide bonds. The maximum Gasteiger partial charge on any atom is 0.547 e. The average Bonchev–Trinajstić information content (AvgIpc) is 2.58. The van der Waals surface area contributed by atoms with E-state index in [1.807, 2.05) is 13.0 Å². The fraction of sp³-hybridized carbons (Fsp3) is 0.438. The van der Waals surface area contributed by atoms with Gasteiger partial charge in [0.05, 0.1) is 18.6 Å². The SMILES string of the molecule is CCCOC(=O)c1cccc2c1OB(O)[C@@H](NC(=O)CCC#N)C2. The summed E-state index contributed by atoms with van der Waals surface area (Å²) in [5.74, 6) is -1.18. The van der Waals surface area contributed by atoms with Crippen LogP contribution >= 0.6 is 0 Å². The van der Waals surface area contributed by atoms with E-state index in [0.29, 0.717) is 25.0 Å². The van der Waals surface area contributed by atoms with Gasteiger partial charge in [0.25, 0.3) is 0 Å². The summed E-state index contributed by atoms with van der Waals surface area (Å²) in [7, 11) is -1.27. The Morgan fingerprint density at radius 2 is 2.33 bits per heavy atom. The molecule has 0 aliphatic carbocycles. The van der Waals surface area contributed by atoms with Gasteiger partial charge in [-0.2, -0.15) is 5.26 Å². The first-order valence-electron chi connectivity index (χ1n) is 7.86. The van der Waals surface area contributed by atoms with Crippen LogP contribution in [0.15, 0.2) is 18.2 Å². The van der Waals surface area contributed by atoms with Gasteiger partial charge in [0.15, 0.2) is 0 Å². The standard InChI is InChI=1S/C16H19BN2O5/c1-2-9-23-16(21)12-6-3-5-11-10-13(17(22)24-15(11)12)19-14(20)7-4-8-18/h3,5-6,13,22H,2,4,7,9-10H2,1H3,(H,19,20)/t13-/m0/s1. The van der Waals surface area contributed by atoms with Crippen LogP contribution in [0.3, 0.4) is 0 Å². The topological polar surface area (TPSA) is 109 Å². The van der Waals surface area contributed by atoms with Gasteiger partial charge in [-0.25, -0.2) is 4.79 Å². The Bertz CT molecular complexity index is 658. The molecule has 0 radical (unpaired) electrons. The first kappa shape index (κ1) is 17.8. The molecule has 0 saturated heterocycles. The summed E-state index contributed by atoms with van der Waals surface area (Å²) < 4.78 is 10.6. The molecule has 1 heterocycles. The van der Waals surface area contributed by atoms with Crippen molar-refractivity contribution >= 4 is 19.0 Å². The molecule has 1 aromatic carbocycles. The maximum atomic E-state index is 12.1. The number of nitrogens with one attached hydrogen (secondary N) is 1. The van der Waals surface area contributed by atoms with E-state index in [9.17, 15) is 14.6 Å². The third-order valence-corrected chi connectivity index (χ3v) is 3.59. The Hall–Kier alpha value is -2.53. The molecule has 0 spiro atoms. The van der Waals surface area contributed by atoms with E-state index in [0.717, 1.165) is 0 Å². The van der Waals surface area contributed by atoms with Crippen LogP contribution in [0.2, 0.25) is 0 Å². The van der Waals surface area contributed by atoms with E-state index >= 15 is 0 Å². The second-order valence-electron chi connectivity index (χ2n) is 5.47. The third kappa shape index (κ3) is 4.27. The van der Waals surface area contributed by atoms with Crippen LogP contribution in [0.5, 0.6) is 5.75 Å². The van der Waals surface area contributed by atoms with Crippen molar-refractivity contribution in [3.8, 4) is 11.8 Å². The summed E-state index contributed by atoms with van der Waals surface area (Å²) in [6, 6.07) is 6.95. The number of nitrogens with zero attached hydrogens (tertiary/aromatic N) is 1.